The van der Waals surface area contributed by atoms with E-state index < -0.39 is 0 Å². The number of hydrogen-bond acceptors (Lipinski definition) is 6. The van der Waals surface area contributed by atoms with Gasteiger partial charge in [0.2, 0.25) is 0 Å². The minimum atomic E-state index is -0.348. The Morgan fingerprint density at radius 1 is 0.933 bits per heavy atom. The third-order valence-electron chi connectivity index (χ3n) is 4.48. The Morgan fingerprint density at radius 2 is 1.60 bits per heavy atom. The third-order valence-corrected chi connectivity index (χ3v) is 4.48. The molecular weight excluding hydrogens is 380 g/mol. The summed E-state index contributed by atoms with van der Waals surface area (Å²) < 4.78 is 10.5. The number of carbonyl (C=O) groups is 2. The van der Waals surface area contributed by atoms with Crippen LogP contribution in [0.15, 0.2) is 67.0 Å². The highest BCUT2D eigenvalue weighted by molar-refractivity contribution is 5.89. The molecule has 0 bridgehead atoms. The van der Waals surface area contributed by atoms with Crippen LogP contribution < -0.4 is 4.74 Å². The summed E-state index contributed by atoms with van der Waals surface area (Å²) >= 11 is 0. The van der Waals surface area contributed by atoms with Gasteiger partial charge in [0.1, 0.15) is 11.6 Å². The highest BCUT2D eigenvalue weighted by Crippen LogP contribution is 2.21. The van der Waals surface area contributed by atoms with Gasteiger partial charge in [-0.1, -0.05) is 30.3 Å². The van der Waals surface area contributed by atoms with Crippen LogP contribution in [0.2, 0.25) is 0 Å². The van der Waals surface area contributed by atoms with E-state index >= 15 is 0 Å². The first-order valence-electron chi connectivity index (χ1n) is 9.87. The molecule has 154 valence electrons. The molecular formula is C24H24N2O4. The topological polar surface area (TPSA) is 78.4 Å². The summed E-state index contributed by atoms with van der Waals surface area (Å²) in [5.41, 5.74) is 2.39. The van der Waals surface area contributed by atoms with Crippen LogP contribution in [0.3, 0.4) is 0 Å². The van der Waals surface area contributed by atoms with E-state index in [4.69, 9.17) is 9.47 Å². The van der Waals surface area contributed by atoms with E-state index in [1.807, 2.05) is 37.3 Å². The predicted molar refractivity (Wildman–Crippen MR) is 113 cm³/mol. The van der Waals surface area contributed by atoms with Crippen molar-refractivity contribution in [3.63, 3.8) is 0 Å². The number of benzene rings is 2. The molecule has 1 unspecified atom stereocenters. The van der Waals surface area contributed by atoms with Crippen LogP contribution in [0.1, 0.15) is 42.9 Å². The predicted octanol–water partition coefficient (Wildman–Crippen LogP) is 4.64. The number of esters is 2. The molecule has 30 heavy (non-hydrogen) atoms. The molecule has 0 N–H and O–H groups in total. The lowest BCUT2D eigenvalue weighted by Gasteiger charge is -2.13. The van der Waals surface area contributed by atoms with E-state index in [2.05, 4.69) is 9.97 Å². The first-order chi connectivity index (χ1) is 14.5. The molecule has 0 aliphatic heterocycles. The van der Waals surface area contributed by atoms with Crippen molar-refractivity contribution in [2.45, 2.75) is 39.2 Å². The minimum Gasteiger partial charge on any atom is -0.459 e. The zero-order chi connectivity index (χ0) is 21.3. The summed E-state index contributed by atoms with van der Waals surface area (Å²) in [6, 6.07) is 16.2. The molecule has 1 heterocycles. The van der Waals surface area contributed by atoms with Gasteiger partial charge >= 0.3 is 11.9 Å². The van der Waals surface area contributed by atoms with Crippen LogP contribution in [0.4, 0.5) is 0 Å². The molecule has 3 aromatic rings. The zero-order valence-corrected chi connectivity index (χ0v) is 17.1. The van der Waals surface area contributed by atoms with E-state index in [1.165, 1.54) is 6.92 Å². The first kappa shape index (κ1) is 21.2. The number of aromatic nitrogens is 2. The Hall–Kier alpha value is -3.54. The lowest BCUT2D eigenvalue weighted by Crippen LogP contribution is -2.15. The Bertz CT molecular complexity index is 970. The smallest absolute Gasteiger partial charge is 0.338 e. The number of ether oxygens (including phenoxy) is 2. The first-order valence-corrected chi connectivity index (χ1v) is 9.87. The summed E-state index contributed by atoms with van der Waals surface area (Å²) in [7, 11) is 0. The molecule has 6 nitrogen and oxygen atoms in total. The van der Waals surface area contributed by atoms with E-state index in [0.29, 0.717) is 17.7 Å². The molecule has 2 aromatic carbocycles. The molecule has 1 atom stereocenters. The SMILES string of the molecule is CC(=O)Oc1ccc(-c2cnc(CCCC(C)OC(=O)c3ccccc3)nc2)cc1. The van der Waals surface area contributed by atoms with Crippen LogP contribution in [0, 0.1) is 0 Å². The molecule has 0 saturated carbocycles. The fourth-order valence-corrected chi connectivity index (χ4v) is 2.95. The zero-order valence-electron chi connectivity index (χ0n) is 17.1. The Morgan fingerprint density at radius 3 is 2.23 bits per heavy atom. The number of rotatable bonds is 8. The summed E-state index contributed by atoms with van der Waals surface area (Å²) in [4.78, 5) is 31.9. The van der Waals surface area contributed by atoms with Crippen LogP contribution in [0.25, 0.3) is 11.1 Å². The van der Waals surface area contributed by atoms with E-state index in [9.17, 15) is 9.59 Å². The van der Waals surface area contributed by atoms with Gasteiger partial charge in [0, 0.05) is 31.3 Å². The molecule has 0 aliphatic carbocycles. The van der Waals surface area contributed by atoms with E-state index in [1.54, 1.807) is 36.7 Å². The Balaban J connectivity index is 1.46. The van der Waals surface area contributed by atoms with E-state index in [-0.39, 0.29) is 18.0 Å². The molecule has 0 saturated heterocycles. The van der Waals surface area contributed by atoms with Crippen molar-refractivity contribution in [3.8, 4) is 16.9 Å². The summed E-state index contributed by atoms with van der Waals surface area (Å²) in [6.07, 6.45) is 5.65. The van der Waals surface area contributed by atoms with Crippen molar-refractivity contribution in [2.75, 3.05) is 0 Å². The second-order valence-electron chi connectivity index (χ2n) is 6.98. The minimum absolute atomic E-state index is 0.173. The molecule has 0 amide bonds. The van der Waals surface area contributed by atoms with Gasteiger partial charge in [-0.2, -0.15) is 0 Å². The molecule has 3 rings (SSSR count). The van der Waals surface area contributed by atoms with Gasteiger partial charge in [-0.15, -0.1) is 0 Å². The quantitative estimate of drug-likeness (QED) is 0.402. The molecule has 0 fully saturated rings. The number of nitrogens with zero attached hydrogens (tertiary/aromatic N) is 2. The molecule has 6 heteroatoms. The average molecular weight is 404 g/mol. The van der Waals surface area contributed by atoms with Crippen molar-refractivity contribution < 1.29 is 19.1 Å². The number of hydrogen-bond donors (Lipinski definition) is 0. The van der Waals surface area contributed by atoms with Crippen LogP contribution >= 0.6 is 0 Å². The average Bonchev–Trinajstić information content (AvgIpc) is 2.75. The molecule has 1 aromatic heterocycles. The highest BCUT2D eigenvalue weighted by Gasteiger charge is 2.12. The van der Waals surface area contributed by atoms with Gasteiger partial charge in [0.05, 0.1) is 11.7 Å². The summed E-state index contributed by atoms with van der Waals surface area (Å²) in [5.74, 6) is 0.603. The maximum Gasteiger partial charge on any atom is 0.338 e. The summed E-state index contributed by atoms with van der Waals surface area (Å²) in [5, 5.41) is 0. The van der Waals surface area contributed by atoms with Gasteiger partial charge in [-0.25, -0.2) is 14.8 Å². The number of aryl methyl sites for hydroxylation is 1. The Kier molecular flexibility index (Phi) is 7.27. The second kappa shape index (κ2) is 10.3. The van der Waals surface area contributed by atoms with Crippen molar-refractivity contribution in [1.29, 1.82) is 0 Å². The normalized spacial score (nSPS) is 11.5. The molecule has 0 spiro atoms. The Labute approximate surface area is 175 Å². The van der Waals surface area contributed by atoms with Gasteiger partial charge in [-0.05, 0) is 49.6 Å². The standard InChI is InChI=1S/C24H24N2O4/c1-17(29-24(28)20-8-4-3-5-9-20)7-6-10-23-25-15-21(16-26-23)19-11-13-22(14-12-19)30-18(2)27/h3-5,8-9,11-17H,6-7,10H2,1-2H3. The van der Waals surface area contributed by atoms with Gasteiger partial charge in [0.15, 0.2) is 0 Å². The maximum atomic E-state index is 12.1. The third kappa shape index (κ3) is 6.24. The largest absolute Gasteiger partial charge is 0.459 e. The summed E-state index contributed by atoms with van der Waals surface area (Å²) in [6.45, 7) is 3.26. The van der Waals surface area contributed by atoms with Crippen molar-refractivity contribution in [1.82, 2.24) is 9.97 Å². The fourth-order valence-electron chi connectivity index (χ4n) is 2.95. The monoisotopic (exact) mass is 404 g/mol. The fraction of sp³-hybridized carbons (Fsp3) is 0.250. The van der Waals surface area contributed by atoms with Gasteiger partial charge in [0.25, 0.3) is 0 Å². The number of carbonyl (C=O) groups excluding carboxylic acids is 2. The maximum absolute atomic E-state index is 12.1. The van der Waals surface area contributed by atoms with Gasteiger partial charge < -0.3 is 9.47 Å². The lowest BCUT2D eigenvalue weighted by molar-refractivity contribution is -0.131. The highest BCUT2D eigenvalue weighted by atomic mass is 16.5. The van der Waals surface area contributed by atoms with Gasteiger partial charge in [-0.3, -0.25) is 4.79 Å². The second-order valence-corrected chi connectivity index (χ2v) is 6.98. The van der Waals surface area contributed by atoms with Crippen LogP contribution in [0.5, 0.6) is 5.75 Å². The molecule has 0 radical (unpaired) electrons. The lowest BCUT2D eigenvalue weighted by atomic mass is 10.1. The van der Waals surface area contributed by atoms with Crippen molar-refractivity contribution in [3.05, 3.63) is 78.4 Å². The van der Waals surface area contributed by atoms with Crippen molar-refractivity contribution in [2.24, 2.45) is 0 Å². The molecule has 0 aliphatic rings. The van der Waals surface area contributed by atoms with Crippen molar-refractivity contribution >= 4 is 11.9 Å². The van der Waals surface area contributed by atoms with Crippen LogP contribution in [-0.4, -0.2) is 28.0 Å². The van der Waals surface area contributed by atoms with E-state index in [0.717, 1.165) is 29.8 Å². The van der Waals surface area contributed by atoms with Crippen LogP contribution in [-0.2, 0) is 16.0 Å².